The van der Waals surface area contributed by atoms with Crippen LogP contribution in [-0.2, 0) is 6.54 Å². The molecule has 0 atom stereocenters. The van der Waals surface area contributed by atoms with Gasteiger partial charge in [0.25, 0.3) is 0 Å². The molecule has 0 spiro atoms. The van der Waals surface area contributed by atoms with Gasteiger partial charge in [-0.3, -0.25) is 0 Å². The minimum Gasteiger partial charge on any atom is -0.463 e. The Hall–Kier alpha value is -1.16. The van der Waals surface area contributed by atoms with E-state index >= 15 is 0 Å². The molecule has 0 saturated heterocycles. The van der Waals surface area contributed by atoms with Gasteiger partial charge in [0.15, 0.2) is 0 Å². The lowest BCUT2D eigenvalue weighted by Gasteiger charge is -2.07. The van der Waals surface area contributed by atoms with Crippen LogP contribution in [0.5, 0.6) is 6.01 Å². The summed E-state index contributed by atoms with van der Waals surface area (Å²) in [5.74, 6) is 0. The van der Waals surface area contributed by atoms with Gasteiger partial charge >= 0.3 is 6.01 Å². The molecule has 0 saturated carbocycles. The summed E-state index contributed by atoms with van der Waals surface area (Å²) in [4.78, 5) is 8.60. The Morgan fingerprint density at radius 1 is 1.16 bits per heavy atom. The van der Waals surface area contributed by atoms with Crippen molar-refractivity contribution in [2.75, 3.05) is 13.7 Å². The molecule has 0 radical (unpaired) electrons. The number of aromatic nitrogens is 2. The number of rotatable bonds is 10. The quantitative estimate of drug-likeness (QED) is 0.660. The van der Waals surface area contributed by atoms with E-state index in [-0.39, 0.29) is 0 Å². The fraction of sp³-hybridized carbons (Fsp3) is 0.733. The average molecular weight is 265 g/mol. The first kappa shape index (κ1) is 15.9. The highest BCUT2D eigenvalue weighted by molar-refractivity contribution is 5.17. The molecule has 4 nitrogen and oxygen atoms in total. The van der Waals surface area contributed by atoms with Crippen molar-refractivity contribution in [1.29, 1.82) is 0 Å². The Morgan fingerprint density at radius 3 is 2.58 bits per heavy atom. The third kappa shape index (κ3) is 6.53. The zero-order valence-corrected chi connectivity index (χ0v) is 12.5. The van der Waals surface area contributed by atoms with Gasteiger partial charge in [0, 0.05) is 24.0 Å². The number of hydrogen-bond acceptors (Lipinski definition) is 4. The highest BCUT2D eigenvalue weighted by Gasteiger charge is 2.03. The fourth-order valence-electron chi connectivity index (χ4n) is 1.95. The van der Waals surface area contributed by atoms with E-state index in [2.05, 4.69) is 22.2 Å². The van der Waals surface area contributed by atoms with E-state index in [1.807, 2.05) is 20.2 Å². The normalized spacial score (nSPS) is 10.7. The van der Waals surface area contributed by atoms with Crippen LogP contribution >= 0.6 is 0 Å². The Morgan fingerprint density at radius 2 is 1.89 bits per heavy atom. The maximum Gasteiger partial charge on any atom is 0.316 e. The predicted molar refractivity (Wildman–Crippen MR) is 78.4 cm³/mol. The van der Waals surface area contributed by atoms with E-state index < -0.39 is 0 Å². The minimum atomic E-state index is 0.505. The topological polar surface area (TPSA) is 47.0 Å². The van der Waals surface area contributed by atoms with Gasteiger partial charge in [-0.25, -0.2) is 9.97 Å². The van der Waals surface area contributed by atoms with Crippen molar-refractivity contribution in [3.8, 4) is 6.01 Å². The molecule has 0 fully saturated rings. The zero-order valence-electron chi connectivity index (χ0n) is 12.5. The van der Waals surface area contributed by atoms with Gasteiger partial charge in [-0.05, 0) is 20.4 Å². The van der Waals surface area contributed by atoms with Crippen molar-refractivity contribution in [2.24, 2.45) is 0 Å². The van der Waals surface area contributed by atoms with Crippen LogP contribution in [-0.4, -0.2) is 23.6 Å². The van der Waals surface area contributed by atoms with Crippen molar-refractivity contribution in [1.82, 2.24) is 15.3 Å². The van der Waals surface area contributed by atoms with Crippen molar-refractivity contribution in [3.63, 3.8) is 0 Å². The molecule has 0 unspecified atom stereocenters. The summed E-state index contributed by atoms with van der Waals surface area (Å²) in [6.45, 7) is 5.74. The summed E-state index contributed by atoms with van der Waals surface area (Å²) in [6.07, 6.45) is 9.44. The monoisotopic (exact) mass is 265 g/mol. The molecule has 4 heteroatoms. The van der Waals surface area contributed by atoms with Gasteiger partial charge in [0.05, 0.1) is 6.61 Å². The zero-order chi connectivity index (χ0) is 13.9. The maximum atomic E-state index is 5.58. The third-order valence-corrected chi connectivity index (χ3v) is 3.16. The first-order valence-electron chi connectivity index (χ1n) is 7.37. The summed E-state index contributed by atoms with van der Waals surface area (Å²) in [5, 5.41) is 3.10. The van der Waals surface area contributed by atoms with Crippen molar-refractivity contribution in [2.45, 2.75) is 58.9 Å². The molecular formula is C15H27N3O. The number of hydrogen-bond donors (Lipinski definition) is 1. The molecule has 1 aromatic heterocycles. The van der Waals surface area contributed by atoms with Crippen LogP contribution in [0.2, 0.25) is 0 Å². The molecule has 108 valence electrons. The Bertz CT molecular complexity index is 355. The molecule has 0 aliphatic carbocycles. The SMILES string of the molecule is CCCCCCCCOc1ncc(CNC)c(C)n1. The van der Waals surface area contributed by atoms with Crippen LogP contribution in [0.4, 0.5) is 0 Å². The van der Waals surface area contributed by atoms with Gasteiger partial charge in [-0.15, -0.1) is 0 Å². The molecular weight excluding hydrogens is 238 g/mol. The van der Waals surface area contributed by atoms with Crippen LogP contribution in [0.15, 0.2) is 6.20 Å². The van der Waals surface area contributed by atoms with E-state index in [0.717, 1.165) is 30.8 Å². The second-order valence-electron chi connectivity index (χ2n) is 4.91. The third-order valence-electron chi connectivity index (χ3n) is 3.16. The Kier molecular flexibility index (Phi) is 8.14. The molecule has 0 amide bonds. The van der Waals surface area contributed by atoms with Gasteiger partial charge in [-0.1, -0.05) is 39.0 Å². The molecule has 1 rings (SSSR count). The number of nitrogens with one attached hydrogen (secondary N) is 1. The minimum absolute atomic E-state index is 0.505. The second kappa shape index (κ2) is 9.73. The molecule has 0 aromatic carbocycles. The Balaban J connectivity index is 2.20. The molecule has 1 N–H and O–H groups in total. The van der Waals surface area contributed by atoms with E-state index in [9.17, 15) is 0 Å². The highest BCUT2D eigenvalue weighted by atomic mass is 16.5. The van der Waals surface area contributed by atoms with Gasteiger partial charge in [-0.2, -0.15) is 0 Å². The van der Waals surface area contributed by atoms with Gasteiger partial charge in [0.2, 0.25) is 0 Å². The number of nitrogens with zero attached hydrogens (tertiary/aromatic N) is 2. The molecule has 1 heterocycles. The average Bonchev–Trinajstić information content (AvgIpc) is 2.41. The van der Waals surface area contributed by atoms with Crippen LogP contribution in [0.3, 0.4) is 0 Å². The van der Waals surface area contributed by atoms with Gasteiger partial charge < -0.3 is 10.1 Å². The summed E-state index contributed by atoms with van der Waals surface area (Å²) in [5.41, 5.74) is 2.11. The van der Waals surface area contributed by atoms with Crippen LogP contribution < -0.4 is 10.1 Å². The molecule has 19 heavy (non-hydrogen) atoms. The van der Waals surface area contributed by atoms with Crippen LogP contribution in [0.25, 0.3) is 0 Å². The van der Waals surface area contributed by atoms with Crippen molar-refractivity contribution >= 4 is 0 Å². The van der Waals surface area contributed by atoms with Crippen LogP contribution in [0, 0.1) is 6.92 Å². The summed E-state index contributed by atoms with van der Waals surface area (Å²) in [7, 11) is 1.92. The highest BCUT2D eigenvalue weighted by Crippen LogP contribution is 2.10. The number of ether oxygens (including phenoxy) is 1. The molecule has 0 bridgehead atoms. The van der Waals surface area contributed by atoms with E-state index in [1.54, 1.807) is 0 Å². The first-order valence-corrected chi connectivity index (χ1v) is 7.37. The Labute approximate surface area is 117 Å². The van der Waals surface area contributed by atoms with Gasteiger partial charge in [0.1, 0.15) is 0 Å². The lowest BCUT2D eigenvalue weighted by atomic mass is 10.1. The van der Waals surface area contributed by atoms with Crippen molar-refractivity contribution in [3.05, 3.63) is 17.5 Å². The largest absolute Gasteiger partial charge is 0.463 e. The number of unbranched alkanes of at least 4 members (excludes halogenated alkanes) is 5. The molecule has 0 aliphatic rings. The second-order valence-corrected chi connectivity index (χ2v) is 4.91. The maximum absolute atomic E-state index is 5.58. The number of aryl methyl sites for hydroxylation is 1. The van der Waals surface area contributed by atoms with Crippen molar-refractivity contribution < 1.29 is 4.74 Å². The lowest BCUT2D eigenvalue weighted by Crippen LogP contribution is -2.09. The molecule has 1 aromatic rings. The van der Waals surface area contributed by atoms with E-state index in [4.69, 9.17) is 4.74 Å². The van der Waals surface area contributed by atoms with Crippen LogP contribution in [0.1, 0.15) is 56.7 Å². The lowest BCUT2D eigenvalue weighted by molar-refractivity contribution is 0.280. The fourth-order valence-corrected chi connectivity index (χ4v) is 1.95. The predicted octanol–water partition coefficient (Wildman–Crippen LogP) is 3.24. The van der Waals surface area contributed by atoms with E-state index in [1.165, 1.54) is 32.1 Å². The smallest absolute Gasteiger partial charge is 0.316 e. The summed E-state index contributed by atoms with van der Waals surface area (Å²) >= 11 is 0. The summed E-state index contributed by atoms with van der Waals surface area (Å²) < 4.78 is 5.58. The van der Waals surface area contributed by atoms with E-state index in [0.29, 0.717) is 6.01 Å². The summed E-state index contributed by atoms with van der Waals surface area (Å²) in [6, 6.07) is 0.505. The first-order chi connectivity index (χ1) is 9.27. The molecule has 0 aliphatic heterocycles. The standard InChI is InChI=1S/C15H27N3O/c1-4-5-6-7-8-9-10-19-15-17-12-14(11-16-3)13(2)18-15/h12,16H,4-11H2,1-3H3.